The molecule has 0 atom stereocenters. The van der Waals surface area contributed by atoms with Gasteiger partial charge in [0.25, 0.3) is 0 Å². The zero-order valence-corrected chi connectivity index (χ0v) is 15.5. The van der Waals surface area contributed by atoms with Crippen molar-refractivity contribution in [1.29, 1.82) is 0 Å². The third kappa shape index (κ3) is 5.80. The van der Waals surface area contributed by atoms with E-state index in [4.69, 9.17) is 0 Å². The Kier molecular flexibility index (Phi) is 6.87. The van der Waals surface area contributed by atoms with E-state index >= 15 is 0 Å². The van der Waals surface area contributed by atoms with Crippen molar-refractivity contribution in [2.75, 3.05) is 26.2 Å². The van der Waals surface area contributed by atoms with Gasteiger partial charge in [-0.25, -0.2) is 8.78 Å². The molecule has 1 fully saturated rings. The number of piperazine rings is 1. The van der Waals surface area contributed by atoms with Crippen LogP contribution in [0.15, 0.2) is 48.5 Å². The Labute approximate surface area is 166 Å². The predicted molar refractivity (Wildman–Crippen MR) is 100 cm³/mol. The number of carbonyl (C=O) groups is 1. The van der Waals surface area contributed by atoms with Crippen molar-refractivity contribution in [2.45, 2.75) is 13.2 Å². The molecule has 2 aromatic carbocycles. The van der Waals surface area contributed by atoms with E-state index in [1.54, 1.807) is 29.2 Å². The molecule has 0 spiro atoms. The lowest BCUT2D eigenvalue weighted by molar-refractivity contribution is -0.127. The summed E-state index contributed by atoms with van der Waals surface area (Å²) < 4.78 is 55.7. The molecule has 29 heavy (non-hydrogen) atoms. The largest absolute Gasteiger partial charge is 0.435 e. The number of hydrogen-bond donors (Lipinski definition) is 0. The van der Waals surface area contributed by atoms with Gasteiger partial charge in [-0.1, -0.05) is 24.3 Å². The molecule has 1 aliphatic heterocycles. The van der Waals surface area contributed by atoms with Crippen LogP contribution in [0.25, 0.3) is 6.08 Å². The third-order valence-corrected chi connectivity index (χ3v) is 4.63. The Morgan fingerprint density at radius 3 is 2.38 bits per heavy atom. The highest BCUT2D eigenvalue weighted by atomic mass is 19.3. The van der Waals surface area contributed by atoms with Crippen LogP contribution >= 0.6 is 0 Å². The van der Waals surface area contributed by atoms with E-state index in [1.165, 1.54) is 24.3 Å². The first-order valence-electron chi connectivity index (χ1n) is 9.09. The van der Waals surface area contributed by atoms with E-state index in [1.807, 2.05) is 4.90 Å². The Morgan fingerprint density at radius 1 is 1.03 bits per heavy atom. The highest BCUT2D eigenvalue weighted by molar-refractivity contribution is 5.91. The summed E-state index contributed by atoms with van der Waals surface area (Å²) in [5.41, 5.74) is 0.976. The van der Waals surface area contributed by atoms with Crippen LogP contribution in [-0.4, -0.2) is 48.5 Å². The van der Waals surface area contributed by atoms with Crippen LogP contribution in [0.2, 0.25) is 0 Å². The average Bonchev–Trinajstić information content (AvgIpc) is 2.71. The molecule has 8 heteroatoms. The van der Waals surface area contributed by atoms with E-state index in [0.29, 0.717) is 37.3 Å². The fraction of sp³-hybridized carbons (Fsp3) is 0.286. The molecule has 3 rings (SSSR count). The minimum atomic E-state index is -2.88. The second-order valence-corrected chi connectivity index (χ2v) is 6.60. The van der Waals surface area contributed by atoms with Gasteiger partial charge >= 0.3 is 6.61 Å². The monoisotopic (exact) mass is 408 g/mol. The van der Waals surface area contributed by atoms with Crippen molar-refractivity contribution in [3.8, 4) is 5.75 Å². The van der Waals surface area contributed by atoms with Crippen molar-refractivity contribution < 1.29 is 27.1 Å². The molecule has 1 aliphatic rings. The van der Waals surface area contributed by atoms with Gasteiger partial charge in [-0.05, 0) is 29.8 Å². The van der Waals surface area contributed by atoms with Gasteiger partial charge in [-0.3, -0.25) is 9.69 Å². The molecule has 154 valence electrons. The van der Waals surface area contributed by atoms with E-state index < -0.39 is 18.2 Å². The Hall–Kier alpha value is -2.87. The fourth-order valence-corrected chi connectivity index (χ4v) is 3.07. The topological polar surface area (TPSA) is 32.8 Å². The lowest BCUT2D eigenvalue weighted by Crippen LogP contribution is -2.47. The second-order valence-electron chi connectivity index (χ2n) is 6.60. The summed E-state index contributed by atoms with van der Waals surface area (Å²) >= 11 is 0. The van der Waals surface area contributed by atoms with Gasteiger partial charge in [-0.15, -0.1) is 0 Å². The first-order chi connectivity index (χ1) is 13.9. The van der Waals surface area contributed by atoms with Gasteiger partial charge in [0.2, 0.25) is 5.91 Å². The summed E-state index contributed by atoms with van der Waals surface area (Å²) in [7, 11) is 0. The molecule has 2 aromatic rings. The quantitative estimate of drug-likeness (QED) is 0.537. The van der Waals surface area contributed by atoms with E-state index in [0.717, 1.165) is 6.07 Å². The Bertz CT molecular complexity index is 863. The van der Waals surface area contributed by atoms with Gasteiger partial charge in [0, 0.05) is 44.4 Å². The van der Waals surface area contributed by atoms with Crippen molar-refractivity contribution in [2.24, 2.45) is 0 Å². The summed E-state index contributed by atoms with van der Waals surface area (Å²) in [5.74, 6) is -1.82. The minimum absolute atomic E-state index is 0.0503. The van der Waals surface area contributed by atoms with Crippen molar-refractivity contribution in [3.63, 3.8) is 0 Å². The molecule has 0 aliphatic carbocycles. The number of carbonyl (C=O) groups excluding carboxylic acids is 1. The van der Waals surface area contributed by atoms with Gasteiger partial charge < -0.3 is 9.64 Å². The maximum absolute atomic E-state index is 13.8. The van der Waals surface area contributed by atoms with Gasteiger partial charge in [0.1, 0.15) is 5.75 Å². The second kappa shape index (κ2) is 9.56. The number of rotatable bonds is 6. The molecule has 0 N–H and O–H groups in total. The zero-order valence-electron chi connectivity index (χ0n) is 15.5. The number of hydrogen-bond acceptors (Lipinski definition) is 3. The average molecular weight is 408 g/mol. The summed E-state index contributed by atoms with van der Waals surface area (Å²) in [6.07, 6.45) is 3.02. The standard InChI is InChI=1S/C21H20F4N2O2/c22-18-3-1-2-16(20(18)23)14-26-10-12-27(13-11-26)19(28)9-6-15-4-7-17(8-5-15)29-21(24)25/h1-9,21H,10-14H2/b9-6-. The van der Waals surface area contributed by atoms with Crippen LogP contribution in [0.4, 0.5) is 17.6 Å². The first kappa shape index (κ1) is 20.9. The van der Waals surface area contributed by atoms with E-state index in [2.05, 4.69) is 4.74 Å². The smallest absolute Gasteiger partial charge is 0.387 e. The summed E-state index contributed by atoms with van der Waals surface area (Å²) in [4.78, 5) is 16.0. The van der Waals surface area contributed by atoms with Crippen LogP contribution in [0.5, 0.6) is 5.75 Å². The fourth-order valence-electron chi connectivity index (χ4n) is 3.07. The van der Waals surface area contributed by atoms with E-state index in [9.17, 15) is 22.4 Å². The zero-order chi connectivity index (χ0) is 20.8. The third-order valence-electron chi connectivity index (χ3n) is 4.63. The van der Waals surface area contributed by atoms with Crippen LogP contribution < -0.4 is 4.74 Å². The molecule has 0 unspecified atom stereocenters. The van der Waals surface area contributed by atoms with Crippen LogP contribution in [0, 0.1) is 11.6 Å². The Morgan fingerprint density at radius 2 is 1.72 bits per heavy atom. The molecular weight excluding hydrogens is 388 g/mol. The number of amides is 1. The lowest BCUT2D eigenvalue weighted by atomic mass is 10.1. The van der Waals surface area contributed by atoms with Crippen LogP contribution in [-0.2, 0) is 11.3 Å². The lowest BCUT2D eigenvalue weighted by Gasteiger charge is -2.34. The molecule has 0 saturated carbocycles. The van der Waals surface area contributed by atoms with Crippen molar-refractivity contribution in [1.82, 2.24) is 9.80 Å². The van der Waals surface area contributed by atoms with Gasteiger partial charge in [-0.2, -0.15) is 8.78 Å². The number of benzene rings is 2. The number of ether oxygens (including phenoxy) is 1. The minimum Gasteiger partial charge on any atom is -0.435 e. The summed E-state index contributed by atoms with van der Waals surface area (Å²) in [6.45, 7) is -0.546. The maximum atomic E-state index is 13.8. The van der Waals surface area contributed by atoms with Gasteiger partial charge in [0.15, 0.2) is 11.6 Å². The Balaban J connectivity index is 1.49. The molecule has 0 bridgehead atoms. The predicted octanol–water partition coefficient (Wildman–Crippen LogP) is 3.92. The SMILES string of the molecule is O=C(/C=C\c1ccc(OC(F)F)cc1)N1CCN(Cc2cccc(F)c2F)CC1. The summed E-state index contributed by atoms with van der Waals surface area (Å²) in [6, 6.07) is 10.1. The highest BCUT2D eigenvalue weighted by Crippen LogP contribution is 2.17. The number of halogens is 4. The molecular formula is C21H20F4N2O2. The number of nitrogens with zero attached hydrogens (tertiary/aromatic N) is 2. The highest BCUT2D eigenvalue weighted by Gasteiger charge is 2.21. The molecule has 0 radical (unpaired) electrons. The van der Waals surface area contributed by atoms with E-state index in [-0.39, 0.29) is 18.2 Å². The number of alkyl halides is 2. The first-order valence-corrected chi connectivity index (χ1v) is 9.09. The maximum Gasteiger partial charge on any atom is 0.387 e. The molecule has 1 amide bonds. The van der Waals surface area contributed by atoms with Crippen LogP contribution in [0.3, 0.4) is 0 Å². The van der Waals surface area contributed by atoms with Gasteiger partial charge in [0.05, 0.1) is 0 Å². The normalized spacial score (nSPS) is 15.3. The molecule has 1 heterocycles. The molecule has 4 nitrogen and oxygen atoms in total. The van der Waals surface area contributed by atoms with Crippen LogP contribution in [0.1, 0.15) is 11.1 Å². The summed E-state index contributed by atoms with van der Waals surface area (Å²) in [5, 5.41) is 0. The van der Waals surface area contributed by atoms with Crippen molar-refractivity contribution in [3.05, 3.63) is 71.3 Å². The van der Waals surface area contributed by atoms with Crippen molar-refractivity contribution >= 4 is 12.0 Å². The molecule has 0 aromatic heterocycles. The molecule has 1 saturated heterocycles.